The summed E-state index contributed by atoms with van der Waals surface area (Å²) >= 11 is 9.32. The molecule has 3 rings (SSSR count). The van der Waals surface area contributed by atoms with Crippen molar-refractivity contribution in [3.63, 3.8) is 0 Å². The van der Waals surface area contributed by atoms with Gasteiger partial charge in [0.25, 0.3) is 11.8 Å². The van der Waals surface area contributed by atoms with Crippen LogP contribution in [0, 0.1) is 5.41 Å². The van der Waals surface area contributed by atoms with Crippen molar-refractivity contribution in [2.75, 3.05) is 10.6 Å². The Morgan fingerprint density at radius 2 is 1.66 bits per heavy atom. The molecule has 0 saturated carbocycles. The van der Waals surface area contributed by atoms with Crippen molar-refractivity contribution < 1.29 is 9.59 Å². The topological polar surface area (TPSA) is 121 Å². The molecule has 0 spiro atoms. The Morgan fingerprint density at radius 3 is 2.28 bits per heavy atom. The van der Waals surface area contributed by atoms with E-state index in [-0.39, 0.29) is 11.4 Å². The van der Waals surface area contributed by atoms with E-state index >= 15 is 0 Å². The molecule has 0 aliphatic heterocycles. The molecule has 2 aromatic carbocycles. The van der Waals surface area contributed by atoms with Gasteiger partial charge in [-0.1, -0.05) is 23.7 Å². The lowest BCUT2D eigenvalue weighted by atomic mass is 10.1. The number of anilines is 2. The average Bonchev–Trinajstić information content (AvgIpc) is 2.71. The lowest BCUT2D eigenvalue weighted by molar-refractivity contribution is 0.102. The maximum Gasteiger partial charge on any atom is 0.258 e. The molecule has 0 radical (unpaired) electrons. The Labute approximate surface area is 179 Å². The summed E-state index contributed by atoms with van der Waals surface area (Å²) in [6.07, 6.45) is 1.56. The largest absolute Gasteiger partial charge is 0.384 e. The highest BCUT2D eigenvalue weighted by Gasteiger charge is 2.16. The molecule has 1 aromatic heterocycles. The minimum atomic E-state index is -0.468. The van der Waals surface area contributed by atoms with Crippen LogP contribution in [-0.4, -0.2) is 22.6 Å². The maximum atomic E-state index is 12.7. The van der Waals surface area contributed by atoms with E-state index in [1.165, 1.54) is 6.07 Å². The number of hydrogen-bond acceptors (Lipinski definition) is 4. The van der Waals surface area contributed by atoms with Crippen LogP contribution in [-0.2, 0) is 0 Å². The van der Waals surface area contributed by atoms with Crippen LogP contribution in [0.15, 0.2) is 65.3 Å². The first-order chi connectivity index (χ1) is 13.8. The number of nitrogens with zero attached hydrogens (tertiary/aromatic N) is 1. The first-order valence-electron chi connectivity index (χ1n) is 8.32. The van der Waals surface area contributed by atoms with Crippen LogP contribution in [0.25, 0.3) is 0 Å². The van der Waals surface area contributed by atoms with E-state index in [4.69, 9.17) is 22.7 Å². The van der Waals surface area contributed by atoms with Crippen LogP contribution in [0.2, 0.25) is 5.02 Å². The molecule has 0 aliphatic carbocycles. The summed E-state index contributed by atoms with van der Waals surface area (Å²) in [4.78, 5) is 29.4. The second kappa shape index (κ2) is 8.85. The second-order valence-electron chi connectivity index (χ2n) is 5.95. The number of nitrogen functional groups attached to an aromatic ring is 1. The molecule has 0 fully saturated rings. The standard InChI is InChI=1S/C20H15BrClN5O2/c21-13-5-8-17(25-10-13)27-20(29)15-9-14(22)6-7-16(15)26-19(28)12-3-1-11(2-4-12)18(23)24/h1-10H,(H3,23,24)(H,26,28)(H,25,27,29). The first-order valence-corrected chi connectivity index (χ1v) is 9.49. The summed E-state index contributed by atoms with van der Waals surface area (Å²) < 4.78 is 0.780. The highest BCUT2D eigenvalue weighted by molar-refractivity contribution is 9.10. The zero-order valence-electron chi connectivity index (χ0n) is 14.9. The number of hydrogen-bond donors (Lipinski definition) is 4. The zero-order chi connectivity index (χ0) is 21.0. The van der Waals surface area contributed by atoms with Gasteiger partial charge in [-0.05, 0) is 58.4 Å². The molecule has 0 saturated heterocycles. The third kappa shape index (κ3) is 5.18. The summed E-state index contributed by atoms with van der Waals surface area (Å²) in [5.74, 6) is -0.617. The predicted octanol–water partition coefficient (Wildman–Crippen LogP) is 4.29. The van der Waals surface area contributed by atoms with E-state index in [1.807, 2.05) is 0 Å². The van der Waals surface area contributed by atoms with Crippen LogP contribution >= 0.6 is 27.5 Å². The number of rotatable bonds is 5. The SMILES string of the molecule is N=C(N)c1ccc(C(=O)Nc2ccc(Cl)cc2C(=O)Nc2ccc(Br)cn2)cc1. The van der Waals surface area contributed by atoms with Crippen LogP contribution in [0.5, 0.6) is 0 Å². The predicted molar refractivity (Wildman–Crippen MR) is 117 cm³/mol. The van der Waals surface area contributed by atoms with E-state index in [1.54, 1.807) is 54.7 Å². The Kier molecular flexibility index (Phi) is 6.26. The minimum Gasteiger partial charge on any atom is -0.384 e. The zero-order valence-corrected chi connectivity index (χ0v) is 17.2. The van der Waals surface area contributed by atoms with E-state index < -0.39 is 11.8 Å². The van der Waals surface area contributed by atoms with Gasteiger partial charge in [-0.3, -0.25) is 15.0 Å². The average molecular weight is 473 g/mol. The van der Waals surface area contributed by atoms with Gasteiger partial charge in [-0.2, -0.15) is 0 Å². The second-order valence-corrected chi connectivity index (χ2v) is 7.30. The van der Waals surface area contributed by atoms with E-state index in [2.05, 4.69) is 31.5 Å². The molecule has 0 atom stereocenters. The molecule has 0 unspecified atom stereocenters. The molecular weight excluding hydrogens is 458 g/mol. The van der Waals surface area contributed by atoms with Crippen LogP contribution < -0.4 is 16.4 Å². The van der Waals surface area contributed by atoms with Gasteiger partial charge in [0.15, 0.2) is 0 Å². The van der Waals surface area contributed by atoms with E-state index in [9.17, 15) is 9.59 Å². The summed E-state index contributed by atoms with van der Waals surface area (Å²) in [5.41, 5.74) is 6.77. The quantitative estimate of drug-likeness (QED) is 0.327. The molecule has 0 bridgehead atoms. The Balaban J connectivity index is 1.82. The lowest BCUT2D eigenvalue weighted by Crippen LogP contribution is -2.19. The Hall–Kier alpha value is -3.23. The van der Waals surface area contributed by atoms with Gasteiger partial charge in [-0.15, -0.1) is 0 Å². The fourth-order valence-electron chi connectivity index (χ4n) is 2.44. The molecule has 3 aromatic rings. The van der Waals surface area contributed by atoms with Gasteiger partial charge in [0.05, 0.1) is 11.3 Å². The van der Waals surface area contributed by atoms with Crippen LogP contribution in [0.1, 0.15) is 26.3 Å². The number of nitrogens with one attached hydrogen (secondary N) is 3. The maximum absolute atomic E-state index is 12.7. The third-order valence-corrected chi connectivity index (χ3v) is 4.61. The first kappa shape index (κ1) is 20.5. The summed E-state index contributed by atoms with van der Waals surface area (Å²) in [5, 5.41) is 13.1. The summed E-state index contributed by atoms with van der Waals surface area (Å²) in [7, 11) is 0. The molecule has 29 heavy (non-hydrogen) atoms. The molecule has 146 valence electrons. The summed E-state index contributed by atoms with van der Waals surface area (Å²) in [6, 6.07) is 14.2. The van der Waals surface area contributed by atoms with E-state index in [0.29, 0.717) is 27.7 Å². The monoisotopic (exact) mass is 471 g/mol. The van der Waals surface area contributed by atoms with Crippen molar-refractivity contribution in [2.24, 2.45) is 5.73 Å². The highest BCUT2D eigenvalue weighted by atomic mass is 79.9. The molecule has 0 aliphatic rings. The van der Waals surface area contributed by atoms with Crippen LogP contribution in [0.4, 0.5) is 11.5 Å². The fourth-order valence-corrected chi connectivity index (χ4v) is 2.85. The molecule has 2 amide bonds. The molecule has 1 heterocycles. The van der Waals surface area contributed by atoms with Crippen molar-refractivity contribution in [1.82, 2.24) is 4.98 Å². The molecule has 9 heteroatoms. The van der Waals surface area contributed by atoms with Gasteiger partial charge < -0.3 is 16.4 Å². The third-order valence-electron chi connectivity index (χ3n) is 3.90. The number of halogens is 2. The highest BCUT2D eigenvalue weighted by Crippen LogP contribution is 2.23. The number of carbonyl (C=O) groups is 2. The number of carbonyl (C=O) groups excluding carboxylic acids is 2. The fraction of sp³-hybridized carbons (Fsp3) is 0. The number of nitrogens with two attached hydrogens (primary N) is 1. The Bertz CT molecular complexity index is 1090. The minimum absolute atomic E-state index is 0.0878. The van der Waals surface area contributed by atoms with E-state index in [0.717, 1.165) is 4.47 Å². The molecule has 7 nitrogen and oxygen atoms in total. The van der Waals surface area contributed by atoms with Crippen molar-refractivity contribution in [2.45, 2.75) is 0 Å². The van der Waals surface area contributed by atoms with Gasteiger partial charge in [-0.25, -0.2) is 4.98 Å². The van der Waals surface area contributed by atoms with Crippen molar-refractivity contribution in [3.8, 4) is 0 Å². The van der Waals surface area contributed by atoms with Crippen LogP contribution in [0.3, 0.4) is 0 Å². The summed E-state index contributed by atoms with van der Waals surface area (Å²) in [6.45, 7) is 0. The number of pyridine rings is 1. The Morgan fingerprint density at radius 1 is 0.966 bits per heavy atom. The van der Waals surface area contributed by atoms with Crippen molar-refractivity contribution in [1.29, 1.82) is 5.41 Å². The number of amidine groups is 1. The van der Waals surface area contributed by atoms with Gasteiger partial charge in [0.1, 0.15) is 11.7 Å². The lowest BCUT2D eigenvalue weighted by Gasteiger charge is -2.12. The normalized spacial score (nSPS) is 10.3. The number of benzene rings is 2. The number of aromatic nitrogens is 1. The molecule has 5 N–H and O–H groups in total. The number of amides is 2. The van der Waals surface area contributed by atoms with Gasteiger partial charge in [0, 0.05) is 26.8 Å². The molecular formula is C20H15BrClN5O2. The van der Waals surface area contributed by atoms with Crippen molar-refractivity contribution >= 4 is 56.7 Å². The van der Waals surface area contributed by atoms with Gasteiger partial charge in [0.2, 0.25) is 0 Å². The van der Waals surface area contributed by atoms with Gasteiger partial charge >= 0.3 is 0 Å². The van der Waals surface area contributed by atoms with Crippen molar-refractivity contribution in [3.05, 3.63) is 87.0 Å². The smallest absolute Gasteiger partial charge is 0.258 e.